The molecule has 0 aliphatic heterocycles. The van der Waals surface area contributed by atoms with Gasteiger partial charge >= 0.3 is 5.97 Å². The van der Waals surface area contributed by atoms with Crippen LogP contribution in [0.2, 0.25) is 0 Å². The van der Waals surface area contributed by atoms with E-state index >= 15 is 0 Å². The van der Waals surface area contributed by atoms with Gasteiger partial charge in [0.1, 0.15) is 5.78 Å². The summed E-state index contributed by atoms with van der Waals surface area (Å²) in [7, 11) is 0. The van der Waals surface area contributed by atoms with Crippen molar-refractivity contribution in [1.82, 2.24) is 0 Å². The lowest BCUT2D eigenvalue weighted by Crippen LogP contribution is -2.08. The summed E-state index contributed by atoms with van der Waals surface area (Å²) < 4.78 is 4.60. The smallest absolute Gasteiger partial charge is 0.306 e. The monoisotopic (exact) mass is 178 g/mol. The maximum atomic E-state index is 10.6. The summed E-state index contributed by atoms with van der Waals surface area (Å²) in [6.45, 7) is 2.08. The normalized spacial score (nSPS) is 9.27. The Bertz CT molecular complexity index is 145. The van der Waals surface area contributed by atoms with Crippen molar-refractivity contribution in [2.45, 2.75) is 19.8 Å². The fourth-order valence-electron chi connectivity index (χ4n) is 0.541. The lowest BCUT2D eigenvalue weighted by Gasteiger charge is -1.98. The Hall–Kier alpha value is -0.570. The Morgan fingerprint density at radius 2 is 2.00 bits per heavy atom. The molecule has 0 aromatic heterocycles. The van der Waals surface area contributed by atoms with Gasteiger partial charge in [-0.3, -0.25) is 9.59 Å². The Balaban J connectivity index is 3.38. The lowest BCUT2D eigenvalue weighted by molar-refractivity contribution is -0.144. The molecule has 0 aliphatic rings. The number of hydrogen-bond acceptors (Lipinski definition) is 3. The number of alkyl halides is 1. The van der Waals surface area contributed by atoms with E-state index in [1.165, 1.54) is 0 Å². The molecular formula is C7H11ClO3. The fourth-order valence-corrected chi connectivity index (χ4v) is 0.675. The molecule has 64 valence electrons. The summed E-state index contributed by atoms with van der Waals surface area (Å²) in [5.74, 6) is -0.495. The molecule has 0 unspecified atom stereocenters. The maximum absolute atomic E-state index is 10.6. The first-order chi connectivity index (χ1) is 5.20. The molecule has 0 aliphatic carbocycles. The molecule has 0 radical (unpaired) electrons. The SMILES string of the molecule is CCOC(=O)CCC(=O)CCl. The van der Waals surface area contributed by atoms with Crippen molar-refractivity contribution >= 4 is 23.4 Å². The molecule has 11 heavy (non-hydrogen) atoms. The van der Waals surface area contributed by atoms with Gasteiger partial charge in [0.05, 0.1) is 18.9 Å². The van der Waals surface area contributed by atoms with E-state index in [2.05, 4.69) is 4.74 Å². The predicted octanol–water partition coefficient (Wildman–Crippen LogP) is 1.14. The summed E-state index contributed by atoms with van der Waals surface area (Å²) in [4.78, 5) is 21.2. The second-order valence-electron chi connectivity index (χ2n) is 1.98. The van der Waals surface area contributed by atoms with E-state index in [4.69, 9.17) is 11.6 Å². The quantitative estimate of drug-likeness (QED) is 0.469. The molecule has 0 spiro atoms. The third kappa shape index (κ3) is 5.85. The molecule has 0 aromatic carbocycles. The molecule has 0 atom stereocenters. The first kappa shape index (κ1) is 10.4. The van der Waals surface area contributed by atoms with Crippen molar-refractivity contribution in [3.8, 4) is 0 Å². The lowest BCUT2D eigenvalue weighted by atomic mass is 10.2. The third-order valence-electron chi connectivity index (χ3n) is 1.06. The maximum Gasteiger partial charge on any atom is 0.306 e. The second-order valence-corrected chi connectivity index (χ2v) is 2.24. The van der Waals surface area contributed by atoms with Crippen molar-refractivity contribution in [3.63, 3.8) is 0 Å². The number of hydrogen-bond donors (Lipinski definition) is 0. The molecule has 3 nitrogen and oxygen atoms in total. The van der Waals surface area contributed by atoms with Crippen LogP contribution in [0.5, 0.6) is 0 Å². The van der Waals surface area contributed by atoms with Crippen LogP contribution >= 0.6 is 11.6 Å². The zero-order chi connectivity index (χ0) is 8.69. The average Bonchev–Trinajstić information content (AvgIpc) is 2.01. The Labute approximate surface area is 70.7 Å². The fraction of sp³-hybridized carbons (Fsp3) is 0.714. The van der Waals surface area contributed by atoms with Crippen LogP contribution in [-0.4, -0.2) is 24.2 Å². The van der Waals surface area contributed by atoms with Gasteiger partial charge in [0.2, 0.25) is 0 Å². The van der Waals surface area contributed by atoms with Gasteiger partial charge in [-0.15, -0.1) is 11.6 Å². The summed E-state index contributed by atoms with van der Waals surface area (Å²) in [5, 5.41) is 0. The molecule has 4 heteroatoms. The minimum atomic E-state index is -0.342. The summed E-state index contributed by atoms with van der Waals surface area (Å²) in [5.41, 5.74) is 0. The van der Waals surface area contributed by atoms with Gasteiger partial charge in [-0.1, -0.05) is 0 Å². The van der Waals surface area contributed by atoms with Gasteiger partial charge < -0.3 is 4.74 Å². The van der Waals surface area contributed by atoms with Crippen molar-refractivity contribution in [3.05, 3.63) is 0 Å². The molecule has 0 fully saturated rings. The van der Waals surface area contributed by atoms with Crippen molar-refractivity contribution in [1.29, 1.82) is 0 Å². The van der Waals surface area contributed by atoms with Crippen LogP contribution in [0, 0.1) is 0 Å². The molecule has 0 bridgehead atoms. The van der Waals surface area contributed by atoms with Gasteiger partial charge in [0, 0.05) is 6.42 Å². The zero-order valence-corrected chi connectivity index (χ0v) is 7.19. The number of rotatable bonds is 5. The second kappa shape index (κ2) is 6.16. The van der Waals surface area contributed by atoms with E-state index in [-0.39, 0.29) is 30.5 Å². The molecule has 0 rings (SSSR count). The van der Waals surface area contributed by atoms with Crippen molar-refractivity contribution in [2.24, 2.45) is 0 Å². The molecule has 0 heterocycles. The Morgan fingerprint density at radius 3 is 2.45 bits per heavy atom. The van der Waals surface area contributed by atoms with E-state index in [9.17, 15) is 9.59 Å². The molecule has 0 amide bonds. The van der Waals surface area contributed by atoms with Crippen LogP contribution in [0.1, 0.15) is 19.8 Å². The standard InChI is InChI=1S/C7H11ClO3/c1-2-11-7(10)4-3-6(9)5-8/h2-5H2,1H3. The third-order valence-corrected chi connectivity index (χ3v) is 1.36. The highest BCUT2D eigenvalue weighted by molar-refractivity contribution is 6.27. The molecule has 0 N–H and O–H groups in total. The molecule has 0 saturated heterocycles. The topological polar surface area (TPSA) is 43.4 Å². The van der Waals surface area contributed by atoms with Gasteiger partial charge in [0.25, 0.3) is 0 Å². The van der Waals surface area contributed by atoms with E-state index < -0.39 is 0 Å². The van der Waals surface area contributed by atoms with E-state index in [1.54, 1.807) is 6.92 Å². The van der Waals surface area contributed by atoms with Gasteiger partial charge in [-0.2, -0.15) is 0 Å². The molecule has 0 aromatic rings. The predicted molar refractivity (Wildman–Crippen MR) is 41.6 cm³/mol. The van der Waals surface area contributed by atoms with Crippen LogP contribution < -0.4 is 0 Å². The van der Waals surface area contributed by atoms with Gasteiger partial charge in [0.15, 0.2) is 0 Å². The van der Waals surface area contributed by atoms with E-state index in [1.807, 2.05) is 0 Å². The van der Waals surface area contributed by atoms with Crippen LogP contribution in [0.4, 0.5) is 0 Å². The highest BCUT2D eigenvalue weighted by atomic mass is 35.5. The number of carbonyl (C=O) groups excluding carboxylic acids is 2. The Morgan fingerprint density at radius 1 is 1.36 bits per heavy atom. The van der Waals surface area contributed by atoms with E-state index in [0.29, 0.717) is 6.61 Å². The van der Waals surface area contributed by atoms with Crippen molar-refractivity contribution < 1.29 is 14.3 Å². The van der Waals surface area contributed by atoms with Gasteiger partial charge in [-0.25, -0.2) is 0 Å². The Kier molecular flexibility index (Phi) is 5.84. The zero-order valence-electron chi connectivity index (χ0n) is 6.43. The molecule has 0 saturated carbocycles. The number of esters is 1. The molecular weight excluding hydrogens is 168 g/mol. The summed E-state index contributed by atoms with van der Waals surface area (Å²) >= 11 is 5.21. The average molecular weight is 179 g/mol. The minimum absolute atomic E-state index is 0.0284. The highest BCUT2D eigenvalue weighted by Gasteiger charge is 2.05. The largest absolute Gasteiger partial charge is 0.466 e. The summed E-state index contributed by atoms with van der Waals surface area (Å²) in [6.07, 6.45) is 0.321. The van der Waals surface area contributed by atoms with E-state index in [0.717, 1.165) is 0 Å². The van der Waals surface area contributed by atoms with Gasteiger partial charge in [-0.05, 0) is 6.92 Å². The van der Waals surface area contributed by atoms with Crippen LogP contribution in [0.25, 0.3) is 0 Å². The van der Waals surface area contributed by atoms with Crippen molar-refractivity contribution in [2.75, 3.05) is 12.5 Å². The number of ketones is 1. The minimum Gasteiger partial charge on any atom is -0.466 e. The van der Waals surface area contributed by atoms with Crippen LogP contribution in [0.15, 0.2) is 0 Å². The number of carbonyl (C=O) groups is 2. The van der Waals surface area contributed by atoms with Crippen LogP contribution in [0.3, 0.4) is 0 Å². The number of ether oxygens (including phenoxy) is 1. The summed E-state index contributed by atoms with van der Waals surface area (Å²) in [6, 6.07) is 0. The van der Waals surface area contributed by atoms with Crippen LogP contribution in [-0.2, 0) is 14.3 Å². The number of Topliss-reactive ketones (excluding diaryl/α,β-unsaturated/α-hetero) is 1. The number of halogens is 1. The first-order valence-corrected chi connectivity index (χ1v) is 3.97. The first-order valence-electron chi connectivity index (χ1n) is 3.44. The highest BCUT2D eigenvalue weighted by Crippen LogP contribution is 1.95.